The van der Waals surface area contributed by atoms with Gasteiger partial charge in [0.15, 0.2) is 0 Å². The molecule has 0 saturated heterocycles. The van der Waals surface area contributed by atoms with E-state index >= 15 is 0 Å². The average Bonchev–Trinajstić information content (AvgIpc) is 2.45. The van der Waals surface area contributed by atoms with Crippen molar-refractivity contribution in [3.8, 4) is 5.75 Å². The van der Waals surface area contributed by atoms with E-state index in [0.717, 1.165) is 13.0 Å². The molecule has 22 heavy (non-hydrogen) atoms. The summed E-state index contributed by atoms with van der Waals surface area (Å²) >= 11 is 0. The molecular formula is C17H28N2O3. The fourth-order valence-corrected chi connectivity index (χ4v) is 2.37. The molecule has 0 heterocycles. The summed E-state index contributed by atoms with van der Waals surface area (Å²) in [5.41, 5.74) is 0.685. The average molecular weight is 308 g/mol. The third-order valence-electron chi connectivity index (χ3n) is 3.43. The maximum absolute atomic E-state index is 12.1. The summed E-state index contributed by atoms with van der Waals surface area (Å²) in [6, 6.07) is 7.43. The third-order valence-corrected chi connectivity index (χ3v) is 3.43. The lowest BCUT2D eigenvalue weighted by molar-refractivity contribution is -0.116. The molecule has 0 radical (unpaired) electrons. The number of nitrogens with one attached hydrogen (secondary N) is 2. The van der Waals surface area contributed by atoms with Crippen LogP contribution in [0.25, 0.3) is 0 Å². The van der Waals surface area contributed by atoms with Crippen LogP contribution in [0.2, 0.25) is 0 Å². The lowest BCUT2D eigenvalue weighted by Crippen LogP contribution is -2.34. The molecule has 3 N–H and O–H groups in total. The number of aliphatic hydroxyl groups is 1. The van der Waals surface area contributed by atoms with E-state index in [-0.39, 0.29) is 18.1 Å². The van der Waals surface area contributed by atoms with Gasteiger partial charge in [-0.1, -0.05) is 19.1 Å². The van der Waals surface area contributed by atoms with E-state index in [4.69, 9.17) is 4.74 Å². The molecule has 3 unspecified atom stereocenters. The van der Waals surface area contributed by atoms with Gasteiger partial charge < -0.3 is 20.5 Å². The Hall–Kier alpha value is -1.59. The molecule has 3 atom stereocenters. The predicted molar refractivity (Wildman–Crippen MR) is 89.2 cm³/mol. The largest absolute Gasteiger partial charge is 0.495 e. The molecule has 5 heteroatoms. The molecule has 0 fully saturated rings. The van der Waals surface area contributed by atoms with Crippen molar-refractivity contribution in [1.29, 1.82) is 0 Å². The number of carbonyl (C=O) groups excluding carboxylic acids is 1. The minimum absolute atomic E-state index is 0.0484. The van der Waals surface area contributed by atoms with E-state index in [9.17, 15) is 9.90 Å². The number of amides is 1. The number of aliphatic hydroxyl groups excluding tert-OH is 1. The van der Waals surface area contributed by atoms with E-state index in [2.05, 4.69) is 17.6 Å². The molecular weight excluding hydrogens is 280 g/mol. The molecule has 5 nitrogen and oxygen atoms in total. The van der Waals surface area contributed by atoms with E-state index < -0.39 is 0 Å². The SMILES string of the molecule is COc1ccccc1NC(=O)CC(C)NCC(C)CC(C)O. The van der Waals surface area contributed by atoms with Crippen LogP contribution in [-0.4, -0.2) is 36.8 Å². The Bertz CT molecular complexity index is 463. The highest BCUT2D eigenvalue weighted by Crippen LogP contribution is 2.23. The van der Waals surface area contributed by atoms with Crippen molar-refractivity contribution >= 4 is 11.6 Å². The number of methoxy groups -OCH3 is 1. The molecule has 1 aromatic carbocycles. The maximum atomic E-state index is 12.1. The smallest absolute Gasteiger partial charge is 0.226 e. The van der Waals surface area contributed by atoms with Crippen LogP contribution < -0.4 is 15.4 Å². The van der Waals surface area contributed by atoms with Gasteiger partial charge in [0, 0.05) is 12.5 Å². The van der Waals surface area contributed by atoms with Crippen molar-refractivity contribution in [2.24, 2.45) is 5.92 Å². The van der Waals surface area contributed by atoms with E-state index in [1.807, 2.05) is 31.2 Å². The standard InChI is InChI=1S/C17H28N2O3/c1-12(9-14(3)20)11-18-13(2)10-17(21)19-15-7-5-6-8-16(15)22-4/h5-8,12-14,18,20H,9-11H2,1-4H3,(H,19,21). The van der Waals surface area contributed by atoms with E-state index in [0.29, 0.717) is 23.8 Å². The van der Waals surface area contributed by atoms with Crippen LogP contribution in [0.5, 0.6) is 5.75 Å². The molecule has 1 amide bonds. The van der Waals surface area contributed by atoms with Crippen LogP contribution in [-0.2, 0) is 4.79 Å². The van der Waals surface area contributed by atoms with Crippen molar-refractivity contribution < 1.29 is 14.6 Å². The Labute approximate surface area is 133 Å². The Morgan fingerprint density at radius 2 is 1.95 bits per heavy atom. The number of hydrogen-bond donors (Lipinski definition) is 3. The van der Waals surface area contributed by atoms with Gasteiger partial charge in [0.25, 0.3) is 0 Å². The second kappa shape index (κ2) is 9.43. The van der Waals surface area contributed by atoms with Crippen molar-refractivity contribution in [3.05, 3.63) is 24.3 Å². The topological polar surface area (TPSA) is 70.6 Å². The number of benzene rings is 1. The van der Waals surface area contributed by atoms with Gasteiger partial charge in [-0.05, 0) is 44.9 Å². The summed E-state index contributed by atoms with van der Waals surface area (Å²) in [7, 11) is 1.58. The van der Waals surface area contributed by atoms with Crippen molar-refractivity contribution in [3.63, 3.8) is 0 Å². The van der Waals surface area contributed by atoms with Gasteiger partial charge in [-0.3, -0.25) is 4.79 Å². The van der Waals surface area contributed by atoms with Crippen LogP contribution in [0.1, 0.15) is 33.6 Å². The zero-order chi connectivity index (χ0) is 16.5. The molecule has 0 aromatic heterocycles. The molecule has 0 saturated carbocycles. The molecule has 0 aliphatic rings. The van der Waals surface area contributed by atoms with Crippen LogP contribution in [0.4, 0.5) is 5.69 Å². The lowest BCUT2D eigenvalue weighted by atomic mass is 10.0. The highest BCUT2D eigenvalue weighted by atomic mass is 16.5. The van der Waals surface area contributed by atoms with Gasteiger partial charge in [-0.2, -0.15) is 0 Å². The Kier molecular flexibility index (Phi) is 7.91. The number of carbonyl (C=O) groups is 1. The summed E-state index contributed by atoms with van der Waals surface area (Å²) in [6.07, 6.45) is 0.855. The van der Waals surface area contributed by atoms with Gasteiger partial charge in [-0.25, -0.2) is 0 Å². The molecule has 1 aromatic rings. The molecule has 0 spiro atoms. The minimum Gasteiger partial charge on any atom is -0.495 e. The Balaban J connectivity index is 2.38. The fraction of sp³-hybridized carbons (Fsp3) is 0.588. The molecule has 0 bridgehead atoms. The Morgan fingerprint density at radius 3 is 2.59 bits per heavy atom. The fourth-order valence-electron chi connectivity index (χ4n) is 2.37. The zero-order valence-electron chi connectivity index (χ0n) is 13.9. The number of para-hydroxylation sites is 2. The summed E-state index contributed by atoms with van der Waals surface area (Å²) < 4.78 is 5.21. The van der Waals surface area contributed by atoms with Crippen molar-refractivity contribution in [2.45, 2.75) is 45.8 Å². The van der Waals surface area contributed by atoms with Crippen LogP contribution in [0, 0.1) is 5.92 Å². The van der Waals surface area contributed by atoms with Gasteiger partial charge >= 0.3 is 0 Å². The molecule has 124 valence electrons. The molecule has 0 aliphatic carbocycles. The first kappa shape index (κ1) is 18.5. The first-order valence-corrected chi connectivity index (χ1v) is 7.76. The molecule has 1 rings (SSSR count). The normalized spacial score (nSPS) is 15.0. The van der Waals surface area contributed by atoms with E-state index in [1.165, 1.54) is 0 Å². The van der Waals surface area contributed by atoms with Gasteiger partial charge in [0.05, 0.1) is 18.9 Å². The number of ether oxygens (including phenoxy) is 1. The third kappa shape index (κ3) is 6.91. The first-order valence-electron chi connectivity index (χ1n) is 7.76. The van der Waals surface area contributed by atoms with Gasteiger partial charge in [-0.15, -0.1) is 0 Å². The highest BCUT2D eigenvalue weighted by molar-refractivity contribution is 5.92. The minimum atomic E-state index is -0.291. The predicted octanol–water partition coefficient (Wildman–Crippen LogP) is 2.41. The lowest BCUT2D eigenvalue weighted by Gasteiger charge is -2.18. The molecule has 0 aliphatic heterocycles. The summed E-state index contributed by atoms with van der Waals surface area (Å²) in [6.45, 7) is 6.65. The monoisotopic (exact) mass is 308 g/mol. The van der Waals surface area contributed by atoms with Crippen LogP contribution in [0.3, 0.4) is 0 Å². The van der Waals surface area contributed by atoms with Crippen LogP contribution >= 0.6 is 0 Å². The van der Waals surface area contributed by atoms with Crippen molar-refractivity contribution in [1.82, 2.24) is 5.32 Å². The zero-order valence-corrected chi connectivity index (χ0v) is 13.9. The second-order valence-corrected chi connectivity index (χ2v) is 5.95. The van der Waals surface area contributed by atoms with E-state index in [1.54, 1.807) is 14.0 Å². The summed E-state index contributed by atoms with van der Waals surface area (Å²) in [5, 5.41) is 15.5. The van der Waals surface area contributed by atoms with Crippen molar-refractivity contribution in [2.75, 3.05) is 19.0 Å². The van der Waals surface area contributed by atoms with Gasteiger partial charge in [0.2, 0.25) is 5.91 Å². The number of anilines is 1. The first-order chi connectivity index (χ1) is 10.4. The highest BCUT2D eigenvalue weighted by Gasteiger charge is 2.13. The summed E-state index contributed by atoms with van der Waals surface area (Å²) in [4.78, 5) is 12.1. The Morgan fingerprint density at radius 1 is 1.27 bits per heavy atom. The van der Waals surface area contributed by atoms with Crippen LogP contribution in [0.15, 0.2) is 24.3 Å². The summed E-state index contributed by atoms with van der Waals surface area (Å²) in [5.74, 6) is 0.981. The van der Waals surface area contributed by atoms with Gasteiger partial charge in [0.1, 0.15) is 5.75 Å². The maximum Gasteiger partial charge on any atom is 0.226 e. The second-order valence-electron chi connectivity index (χ2n) is 5.95. The number of hydrogen-bond acceptors (Lipinski definition) is 4. The quantitative estimate of drug-likeness (QED) is 0.655. The number of rotatable bonds is 9.